The molecule has 2 aromatic rings. The second-order valence-electron chi connectivity index (χ2n) is 6.37. The van der Waals surface area contributed by atoms with Crippen molar-refractivity contribution in [2.45, 2.75) is 5.54 Å². The topological polar surface area (TPSA) is 48.3 Å². The van der Waals surface area contributed by atoms with Gasteiger partial charge in [0, 0.05) is 30.2 Å². The van der Waals surface area contributed by atoms with E-state index in [0.717, 1.165) is 0 Å². The highest BCUT2D eigenvalue weighted by Crippen LogP contribution is 2.36. The van der Waals surface area contributed by atoms with Crippen molar-refractivity contribution in [1.82, 2.24) is 4.90 Å². The Morgan fingerprint density at radius 2 is 1.86 bits per heavy atom. The minimum absolute atomic E-state index is 0. The number of rotatable bonds is 3. The van der Waals surface area contributed by atoms with Gasteiger partial charge in [0.1, 0.15) is 5.82 Å². The first kappa shape index (κ1) is 20.0. The van der Waals surface area contributed by atoms with Gasteiger partial charge in [-0.15, -0.1) is 12.4 Å². The molecule has 2 aromatic carbocycles. The normalized spacial score (nSPS) is 19.7. The van der Waals surface area contributed by atoms with Gasteiger partial charge in [0.05, 0.1) is 6.54 Å². The summed E-state index contributed by atoms with van der Waals surface area (Å²) in [5.41, 5.74) is 0.0823. The lowest BCUT2D eigenvalue weighted by molar-refractivity contribution is -0.123. The van der Waals surface area contributed by atoms with Crippen molar-refractivity contribution < 1.29 is 9.18 Å². The fourth-order valence-corrected chi connectivity index (χ4v) is 3.37. The number of guanidine groups is 1. The third-order valence-corrected chi connectivity index (χ3v) is 4.94. The Hall–Kier alpha value is -2.70. The Morgan fingerprint density at radius 3 is 2.50 bits per heavy atom. The Morgan fingerprint density at radius 1 is 1.18 bits per heavy atom. The van der Waals surface area contributed by atoms with Crippen LogP contribution in [0.4, 0.5) is 10.1 Å². The molecular weight excluding hydrogens is 402 g/mol. The smallest absolute Gasteiger partial charge is 0.261 e. The number of hydrogen-bond donors (Lipinski definition) is 0. The Bertz CT molecular complexity index is 973. The molecule has 2 aliphatic heterocycles. The van der Waals surface area contributed by atoms with Gasteiger partial charge in [-0.3, -0.25) is 4.79 Å². The molecule has 0 aromatic heterocycles. The number of anilines is 1. The number of nitrogens with zero attached hydrogens (tertiary/aromatic N) is 4. The fraction of sp³-hybridized carbons (Fsp3) is 0.150. The first-order chi connectivity index (χ1) is 13.0. The number of amides is 1. The first-order valence-corrected chi connectivity index (χ1v) is 8.74. The van der Waals surface area contributed by atoms with E-state index in [9.17, 15) is 9.18 Å². The molecule has 1 atom stereocenters. The molecule has 0 saturated heterocycles. The predicted molar refractivity (Wildman–Crippen MR) is 112 cm³/mol. The van der Waals surface area contributed by atoms with Crippen LogP contribution in [-0.2, 0) is 10.3 Å². The van der Waals surface area contributed by atoms with Gasteiger partial charge in [-0.25, -0.2) is 14.4 Å². The summed E-state index contributed by atoms with van der Waals surface area (Å²) >= 11 is 5.95. The van der Waals surface area contributed by atoms with Gasteiger partial charge in [-0.05, 0) is 48.0 Å². The van der Waals surface area contributed by atoms with E-state index in [1.165, 1.54) is 17.0 Å². The summed E-state index contributed by atoms with van der Waals surface area (Å²) in [5.74, 6) is -0.143. The zero-order valence-electron chi connectivity index (χ0n) is 14.9. The molecule has 1 unspecified atom stereocenters. The molecule has 0 radical (unpaired) electrons. The summed E-state index contributed by atoms with van der Waals surface area (Å²) in [7, 11) is 1.69. The molecule has 0 fully saturated rings. The van der Waals surface area contributed by atoms with Gasteiger partial charge in [0.25, 0.3) is 5.91 Å². The van der Waals surface area contributed by atoms with E-state index in [-0.39, 0.29) is 24.1 Å². The third kappa shape index (κ3) is 3.41. The summed E-state index contributed by atoms with van der Waals surface area (Å²) in [4.78, 5) is 25.8. The van der Waals surface area contributed by atoms with Gasteiger partial charge in [-0.1, -0.05) is 23.7 Å². The minimum Gasteiger partial charge on any atom is -0.314 e. The summed E-state index contributed by atoms with van der Waals surface area (Å²) in [5, 5.41) is 0.588. The SMILES string of the molecule is CN(C(=O)C1(c2ccc(F)cc2)CN2C=CC=NC2=N1)c1ccc(Cl)cc1.Cl. The van der Waals surface area contributed by atoms with E-state index in [1.807, 2.05) is 11.1 Å². The van der Waals surface area contributed by atoms with Gasteiger partial charge < -0.3 is 9.80 Å². The van der Waals surface area contributed by atoms with Crippen molar-refractivity contribution in [3.63, 3.8) is 0 Å². The molecule has 4 rings (SSSR count). The number of aliphatic imine (C=N–C) groups is 2. The number of allylic oxidation sites excluding steroid dienone is 1. The zero-order valence-corrected chi connectivity index (χ0v) is 16.5. The average molecular weight is 419 g/mol. The maximum absolute atomic E-state index is 13.6. The van der Waals surface area contributed by atoms with Gasteiger partial charge >= 0.3 is 0 Å². The molecule has 144 valence electrons. The van der Waals surface area contributed by atoms with Gasteiger partial charge in [-0.2, -0.15) is 0 Å². The van der Waals surface area contributed by atoms with Crippen LogP contribution < -0.4 is 4.90 Å². The monoisotopic (exact) mass is 418 g/mol. The third-order valence-electron chi connectivity index (χ3n) is 4.68. The van der Waals surface area contributed by atoms with Crippen LogP contribution in [-0.4, -0.2) is 36.6 Å². The van der Waals surface area contributed by atoms with E-state index in [0.29, 0.717) is 28.8 Å². The fourth-order valence-electron chi connectivity index (χ4n) is 3.24. The van der Waals surface area contributed by atoms with E-state index >= 15 is 0 Å². The number of carbonyl (C=O) groups excluding carboxylic acids is 1. The minimum atomic E-state index is -1.22. The Balaban J connectivity index is 0.00000225. The van der Waals surface area contributed by atoms with Crippen LogP contribution >= 0.6 is 24.0 Å². The molecular formula is C20H17Cl2FN4O. The van der Waals surface area contributed by atoms with Crippen molar-refractivity contribution >= 4 is 47.8 Å². The van der Waals surface area contributed by atoms with Gasteiger partial charge in [0.2, 0.25) is 5.96 Å². The highest BCUT2D eigenvalue weighted by atomic mass is 35.5. The van der Waals surface area contributed by atoms with Crippen LogP contribution in [0, 0.1) is 5.82 Å². The molecule has 0 N–H and O–H groups in total. The van der Waals surface area contributed by atoms with Crippen LogP contribution in [0.25, 0.3) is 0 Å². The summed E-state index contributed by atoms with van der Waals surface area (Å²) < 4.78 is 13.5. The van der Waals surface area contributed by atoms with Crippen molar-refractivity contribution in [3.8, 4) is 0 Å². The lowest BCUT2D eigenvalue weighted by Gasteiger charge is -2.31. The first-order valence-electron chi connectivity index (χ1n) is 8.37. The van der Waals surface area contributed by atoms with Crippen LogP contribution in [0.3, 0.4) is 0 Å². The summed E-state index contributed by atoms with van der Waals surface area (Å²) in [6.45, 7) is 0.290. The number of benzene rings is 2. The summed E-state index contributed by atoms with van der Waals surface area (Å²) in [6.07, 6.45) is 5.24. The van der Waals surface area contributed by atoms with Crippen molar-refractivity contribution in [3.05, 3.63) is 77.2 Å². The largest absolute Gasteiger partial charge is 0.314 e. The van der Waals surface area contributed by atoms with E-state index < -0.39 is 5.54 Å². The standard InChI is InChI=1S/C20H16ClFN4O.ClH/c1-25(17-9-5-15(21)6-10-17)18(27)20(14-3-7-16(22)8-4-14)13-26-12-2-11-23-19(26)24-20;/h2-12H,13H2,1H3;1H. The highest BCUT2D eigenvalue weighted by Gasteiger charge is 2.49. The molecule has 5 nitrogen and oxygen atoms in total. The highest BCUT2D eigenvalue weighted by molar-refractivity contribution is 6.30. The lowest BCUT2D eigenvalue weighted by Crippen LogP contribution is -2.47. The molecule has 0 aliphatic carbocycles. The lowest BCUT2D eigenvalue weighted by atomic mass is 9.89. The molecule has 0 bridgehead atoms. The zero-order chi connectivity index (χ0) is 19.0. The van der Waals surface area contributed by atoms with Crippen molar-refractivity contribution in [1.29, 1.82) is 0 Å². The Kier molecular flexibility index (Phi) is 5.54. The molecule has 28 heavy (non-hydrogen) atoms. The van der Waals surface area contributed by atoms with Crippen LogP contribution in [0.1, 0.15) is 5.56 Å². The summed E-state index contributed by atoms with van der Waals surface area (Å²) in [6, 6.07) is 12.9. The molecule has 2 aliphatic rings. The maximum atomic E-state index is 13.6. The molecule has 0 spiro atoms. The number of fused-ring (bicyclic) bond motifs is 1. The van der Waals surface area contributed by atoms with Crippen LogP contribution in [0.5, 0.6) is 0 Å². The van der Waals surface area contributed by atoms with E-state index in [1.54, 1.807) is 55.7 Å². The van der Waals surface area contributed by atoms with Gasteiger partial charge in [0.15, 0.2) is 5.54 Å². The number of hydrogen-bond acceptors (Lipinski definition) is 4. The number of carbonyl (C=O) groups is 1. The number of likely N-dealkylation sites (N-methyl/N-ethyl adjacent to an activating group) is 1. The van der Waals surface area contributed by atoms with Crippen LogP contribution in [0.2, 0.25) is 5.02 Å². The van der Waals surface area contributed by atoms with Crippen molar-refractivity contribution in [2.75, 3.05) is 18.5 Å². The molecule has 1 amide bonds. The number of halogens is 3. The molecule has 0 saturated carbocycles. The second-order valence-corrected chi connectivity index (χ2v) is 6.80. The van der Waals surface area contributed by atoms with E-state index in [4.69, 9.17) is 11.6 Å². The van der Waals surface area contributed by atoms with E-state index in [2.05, 4.69) is 9.98 Å². The Labute approximate surface area is 173 Å². The van der Waals surface area contributed by atoms with Crippen LogP contribution in [0.15, 0.2) is 70.8 Å². The average Bonchev–Trinajstić information content (AvgIpc) is 3.08. The second kappa shape index (κ2) is 7.73. The quantitative estimate of drug-likeness (QED) is 0.755. The maximum Gasteiger partial charge on any atom is 0.261 e. The van der Waals surface area contributed by atoms with Crippen molar-refractivity contribution in [2.24, 2.45) is 9.98 Å². The predicted octanol–water partition coefficient (Wildman–Crippen LogP) is 4.03. The molecule has 2 heterocycles. The molecule has 8 heteroatoms.